The number of methoxy groups -OCH3 is 1. The van der Waals surface area contributed by atoms with Crippen LogP contribution < -0.4 is 0 Å². The van der Waals surface area contributed by atoms with Gasteiger partial charge in [-0.3, -0.25) is 4.79 Å². The van der Waals surface area contributed by atoms with E-state index in [1.165, 1.54) is 10.6 Å². The molecule has 0 aliphatic carbocycles. The van der Waals surface area contributed by atoms with Gasteiger partial charge in [0.05, 0.1) is 12.4 Å². The maximum Gasteiger partial charge on any atom is 0.241 e. The highest BCUT2D eigenvalue weighted by atomic mass is 32.2. The Morgan fingerprint density at radius 3 is 2.64 bits per heavy atom. The van der Waals surface area contributed by atoms with E-state index in [2.05, 4.69) is 6.92 Å². The number of hydrogen-bond donors (Lipinski definition) is 0. The molecule has 0 unspecified atom stereocenters. The van der Waals surface area contributed by atoms with Crippen LogP contribution in [0.5, 0.6) is 0 Å². The quantitative estimate of drug-likeness (QED) is 0.759. The predicted molar refractivity (Wildman–Crippen MR) is 85.0 cm³/mol. The van der Waals surface area contributed by atoms with Crippen molar-refractivity contribution < 1.29 is 17.9 Å². The van der Waals surface area contributed by atoms with E-state index in [-0.39, 0.29) is 24.6 Å². The van der Waals surface area contributed by atoms with Gasteiger partial charge in [0.1, 0.15) is 6.04 Å². The summed E-state index contributed by atoms with van der Waals surface area (Å²) < 4.78 is 30.6. The first-order valence-corrected chi connectivity index (χ1v) is 10.0. The summed E-state index contributed by atoms with van der Waals surface area (Å²) in [5.41, 5.74) is 0. The first kappa shape index (κ1) is 17.7. The lowest BCUT2D eigenvalue weighted by atomic mass is 9.97. The topological polar surface area (TPSA) is 66.9 Å². The first-order valence-electron chi connectivity index (χ1n) is 8.18. The van der Waals surface area contributed by atoms with Crippen LogP contribution in [-0.2, 0) is 19.6 Å². The Bertz CT molecular complexity index is 492. The van der Waals surface area contributed by atoms with Crippen LogP contribution in [0, 0.1) is 0 Å². The molecule has 0 spiro atoms. The Hall–Kier alpha value is -0.660. The van der Waals surface area contributed by atoms with E-state index in [9.17, 15) is 13.2 Å². The van der Waals surface area contributed by atoms with E-state index in [0.717, 1.165) is 38.6 Å². The summed E-state index contributed by atoms with van der Waals surface area (Å²) in [5.74, 6) is -0.0388. The number of ether oxygens (including phenoxy) is 1. The molecule has 2 heterocycles. The molecular weight excluding hydrogens is 304 g/mol. The van der Waals surface area contributed by atoms with Gasteiger partial charge in [-0.25, -0.2) is 8.42 Å². The maximum atomic E-state index is 13.0. The molecule has 7 heteroatoms. The maximum absolute atomic E-state index is 13.0. The molecule has 128 valence electrons. The summed E-state index contributed by atoms with van der Waals surface area (Å²) in [4.78, 5) is 14.9. The minimum atomic E-state index is -3.40. The molecule has 2 fully saturated rings. The SMILES string of the molecule is CCC[C@H]1CCCCN1C(=O)[C@H]1C[C@H](OC)CN1S(C)(=O)=O. The second-order valence-corrected chi connectivity index (χ2v) is 8.35. The normalized spacial score (nSPS) is 30.7. The molecule has 0 aromatic rings. The van der Waals surface area contributed by atoms with Gasteiger partial charge in [0.2, 0.25) is 15.9 Å². The van der Waals surface area contributed by atoms with Crippen molar-refractivity contribution in [1.82, 2.24) is 9.21 Å². The van der Waals surface area contributed by atoms with Crippen LogP contribution in [0.15, 0.2) is 0 Å². The zero-order valence-electron chi connectivity index (χ0n) is 13.8. The van der Waals surface area contributed by atoms with E-state index in [1.807, 2.05) is 4.90 Å². The highest BCUT2D eigenvalue weighted by molar-refractivity contribution is 7.88. The standard InChI is InChI=1S/C15H28N2O4S/c1-4-7-12-8-5-6-9-16(12)15(18)14-10-13(21-2)11-17(14)22(3,19)20/h12-14H,4-11H2,1-3H3/t12-,13-,14+/m0/s1. The van der Waals surface area contributed by atoms with Gasteiger partial charge in [0.25, 0.3) is 0 Å². The predicted octanol–water partition coefficient (Wildman–Crippen LogP) is 1.22. The second-order valence-electron chi connectivity index (χ2n) is 6.41. The highest BCUT2D eigenvalue weighted by Gasteiger charge is 2.44. The van der Waals surface area contributed by atoms with Gasteiger partial charge in [-0.15, -0.1) is 0 Å². The van der Waals surface area contributed by atoms with Gasteiger partial charge in [0, 0.05) is 32.7 Å². The lowest BCUT2D eigenvalue weighted by Crippen LogP contribution is -2.52. The van der Waals surface area contributed by atoms with Crippen LogP contribution in [0.1, 0.15) is 45.4 Å². The van der Waals surface area contributed by atoms with Crippen LogP contribution in [-0.4, -0.2) is 68.2 Å². The minimum absolute atomic E-state index is 0.0388. The van der Waals surface area contributed by atoms with E-state index >= 15 is 0 Å². The zero-order valence-corrected chi connectivity index (χ0v) is 14.6. The molecule has 3 atom stereocenters. The van der Waals surface area contributed by atoms with Crippen molar-refractivity contribution in [3.05, 3.63) is 0 Å². The molecule has 2 aliphatic heterocycles. The van der Waals surface area contributed by atoms with Gasteiger partial charge >= 0.3 is 0 Å². The zero-order chi connectivity index (χ0) is 16.3. The molecule has 0 aromatic heterocycles. The monoisotopic (exact) mass is 332 g/mol. The van der Waals surface area contributed by atoms with Gasteiger partial charge in [-0.1, -0.05) is 13.3 Å². The van der Waals surface area contributed by atoms with Crippen LogP contribution in [0.2, 0.25) is 0 Å². The Morgan fingerprint density at radius 1 is 1.32 bits per heavy atom. The van der Waals surface area contributed by atoms with Crippen molar-refractivity contribution in [3.8, 4) is 0 Å². The van der Waals surface area contributed by atoms with Crippen LogP contribution in [0.25, 0.3) is 0 Å². The third kappa shape index (κ3) is 3.81. The summed E-state index contributed by atoms with van der Waals surface area (Å²) in [7, 11) is -1.83. The number of nitrogens with zero attached hydrogens (tertiary/aromatic N) is 2. The molecule has 2 rings (SSSR count). The number of amides is 1. The first-order chi connectivity index (χ1) is 10.4. The Balaban J connectivity index is 2.18. The molecule has 2 aliphatic rings. The van der Waals surface area contributed by atoms with E-state index in [1.54, 1.807) is 7.11 Å². The van der Waals surface area contributed by atoms with Crippen molar-refractivity contribution in [2.45, 2.75) is 63.6 Å². The van der Waals surface area contributed by atoms with E-state index in [4.69, 9.17) is 4.74 Å². The van der Waals surface area contributed by atoms with Crippen molar-refractivity contribution in [1.29, 1.82) is 0 Å². The minimum Gasteiger partial charge on any atom is -0.380 e. The number of hydrogen-bond acceptors (Lipinski definition) is 4. The highest BCUT2D eigenvalue weighted by Crippen LogP contribution is 2.28. The summed E-state index contributed by atoms with van der Waals surface area (Å²) in [6.07, 6.45) is 6.64. The summed E-state index contributed by atoms with van der Waals surface area (Å²) in [6.45, 7) is 3.14. The molecule has 2 saturated heterocycles. The van der Waals surface area contributed by atoms with E-state index < -0.39 is 16.1 Å². The van der Waals surface area contributed by atoms with Crippen molar-refractivity contribution in [2.24, 2.45) is 0 Å². The molecule has 0 bridgehead atoms. The molecule has 0 saturated carbocycles. The number of rotatable bonds is 5. The largest absolute Gasteiger partial charge is 0.380 e. The molecule has 1 amide bonds. The molecular formula is C15H28N2O4S. The van der Waals surface area contributed by atoms with Crippen LogP contribution >= 0.6 is 0 Å². The molecule has 0 radical (unpaired) electrons. The summed E-state index contributed by atoms with van der Waals surface area (Å²) >= 11 is 0. The Labute approximate surface area is 133 Å². The average molecular weight is 332 g/mol. The lowest BCUT2D eigenvalue weighted by Gasteiger charge is -2.38. The Kier molecular flexibility index (Phi) is 5.85. The van der Waals surface area contributed by atoms with Gasteiger partial charge in [-0.2, -0.15) is 4.31 Å². The molecule has 22 heavy (non-hydrogen) atoms. The number of sulfonamides is 1. The fourth-order valence-electron chi connectivity index (χ4n) is 3.65. The third-order valence-corrected chi connectivity index (χ3v) is 6.05. The second kappa shape index (κ2) is 7.27. The summed E-state index contributed by atoms with van der Waals surface area (Å²) in [6, 6.07) is -0.341. The van der Waals surface area contributed by atoms with Crippen molar-refractivity contribution >= 4 is 15.9 Å². The molecule has 0 N–H and O–H groups in total. The van der Waals surface area contributed by atoms with Crippen LogP contribution in [0.3, 0.4) is 0 Å². The van der Waals surface area contributed by atoms with E-state index in [0.29, 0.717) is 6.42 Å². The lowest BCUT2D eigenvalue weighted by molar-refractivity contribution is -0.138. The fourth-order valence-corrected chi connectivity index (χ4v) is 4.72. The molecule has 6 nitrogen and oxygen atoms in total. The summed E-state index contributed by atoms with van der Waals surface area (Å²) in [5, 5.41) is 0. The van der Waals surface area contributed by atoms with Gasteiger partial charge < -0.3 is 9.64 Å². The fraction of sp³-hybridized carbons (Fsp3) is 0.933. The number of carbonyl (C=O) groups is 1. The number of likely N-dealkylation sites (tertiary alicyclic amines) is 1. The smallest absolute Gasteiger partial charge is 0.241 e. The van der Waals surface area contributed by atoms with Crippen molar-refractivity contribution in [3.63, 3.8) is 0 Å². The number of carbonyl (C=O) groups excluding carboxylic acids is 1. The van der Waals surface area contributed by atoms with Gasteiger partial charge in [0.15, 0.2) is 0 Å². The number of piperidine rings is 1. The van der Waals surface area contributed by atoms with Gasteiger partial charge in [-0.05, 0) is 25.7 Å². The molecule has 0 aromatic carbocycles. The van der Waals surface area contributed by atoms with Crippen molar-refractivity contribution in [2.75, 3.05) is 26.5 Å². The average Bonchev–Trinajstić information content (AvgIpc) is 2.92. The third-order valence-electron chi connectivity index (χ3n) is 4.79. The van der Waals surface area contributed by atoms with Crippen LogP contribution in [0.4, 0.5) is 0 Å². The Morgan fingerprint density at radius 2 is 2.05 bits per heavy atom.